The van der Waals surface area contributed by atoms with Crippen molar-refractivity contribution in [2.75, 3.05) is 20.8 Å². The Hall–Kier alpha value is -3.42. The minimum absolute atomic E-state index is 0.0161. The van der Waals surface area contributed by atoms with Gasteiger partial charge in [0.05, 0.1) is 26.4 Å². The molecule has 0 aromatic heterocycles. The fourth-order valence-corrected chi connectivity index (χ4v) is 3.94. The molecule has 0 saturated carbocycles. The lowest BCUT2D eigenvalue weighted by atomic mass is 9.98. The predicted octanol–water partition coefficient (Wildman–Crippen LogP) is 0.112. The average molecular weight is 494 g/mol. The SMILES string of the molecule is COc1cc(C2Oc3cc(O)cc(O)c3C=C2O[C@@H]2O[C@H](CO)[C@@H](O)[C@H](O)[C@H]2O)cc(OC)c1O. The van der Waals surface area contributed by atoms with Gasteiger partial charge in [0.25, 0.3) is 0 Å². The highest BCUT2D eigenvalue weighted by Gasteiger charge is 2.46. The summed E-state index contributed by atoms with van der Waals surface area (Å²) in [7, 11) is 2.68. The largest absolute Gasteiger partial charge is 0.508 e. The van der Waals surface area contributed by atoms with Gasteiger partial charge >= 0.3 is 0 Å². The Morgan fingerprint density at radius 3 is 2.14 bits per heavy atom. The third-order valence-electron chi connectivity index (χ3n) is 5.80. The van der Waals surface area contributed by atoms with Crippen molar-refractivity contribution < 1.29 is 59.4 Å². The maximum absolute atomic E-state index is 10.4. The van der Waals surface area contributed by atoms with Crippen LogP contribution in [-0.2, 0) is 9.47 Å². The number of rotatable bonds is 6. The summed E-state index contributed by atoms with van der Waals surface area (Å²) in [5.74, 6) is -0.649. The molecule has 12 nitrogen and oxygen atoms in total. The number of phenols is 3. The second-order valence-corrected chi connectivity index (χ2v) is 8.01. The molecule has 4 rings (SSSR count). The number of phenolic OH excluding ortho intramolecular Hbond substituents is 3. The van der Waals surface area contributed by atoms with Crippen LogP contribution in [0.5, 0.6) is 34.5 Å². The first-order chi connectivity index (χ1) is 16.7. The molecule has 0 bridgehead atoms. The molecule has 2 heterocycles. The smallest absolute Gasteiger partial charge is 0.228 e. The van der Waals surface area contributed by atoms with Crippen molar-refractivity contribution in [3.63, 3.8) is 0 Å². The predicted molar refractivity (Wildman–Crippen MR) is 117 cm³/mol. The van der Waals surface area contributed by atoms with Gasteiger partial charge in [0.1, 0.15) is 47.4 Å². The standard InChI is InChI=1S/C23H26O12/c1-31-14-3-9(4-15(32-2)18(14)27)22-16(7-11-12(26)5-10(25)6-13(11)33-22)34-23-21(30)20(29)19(28)17(8-24)35-23/h3-7,17,19-30H,8H2,1-2H3/t17-,19-,20+,21-,22?,23-/m1/s1. The van der Waals surface area contributed by atoms with E-state index in [1.54, 1.807) is 0 Å². The van der Waals surface area contributed by atoms with Crippen LogP contribution < -0.4 is 14.2 Å². The van der Waals surface area contributed by atoms with E-state index in [-0.39, 0.29) is 45.8 Å². The highest BCUT2D eigenvalue weighted by Crippen LogP contribution is 2.47. The van der Waals surface area contributed by atoms with E-state index in [2.05, 4.69) is 0 Å². The Balaban J connectivity index is 1.79. The zero-order valence-electron chi connectivity index (χ0n) is 18.7. The molecule has 12 heteroatoms. The van der Waals surface area contributed by atoms with Crippen molar-refractivity contribution in [2.45, 2.75) is 36.8 Å². The molecular weight excluding hydrogens is 468 g/mol. The lowest BCUT2D eigenvalue weighted by Crippen LogP contribution is -2.59. The van der Waals surface area contributed by atoms with Gasteiger partial charge in [-0.15, -0.1) is 0 Å². The minimum Gasteiger partial charge on any atom is -0.508 e. The van der Waals surface area contributed by atoms with Crippen molar-refractivity contribution in [1.29, 1.82) is 0 Å². The van der Waals surface area contributed by atoms with Crippen LogP contribution in [0.3, 0.4) is 0 Å². The van der Waals surface area contributed by atoms with E-state index in [9.17, 15) is 35.7 Å². The van der Waals surface area contributed by atoms with E-state index in [0.717, 1.165) is 6.07 Å². The van der Waals surface area contributed by atoms with E-state index in [1.165, 1.54) is 38.5 Å². The number of aliphatic hydroxyl groups excluding tert-OH is 4. The van der Waals surface area contributed by atoms with Gasteiger partial charge in [0.15, 0.2) is 17.6 Å². The zero-order valence-corrected chi connectivity index (χ0v) is 18.7. The molecule has 0 amide bonds. The number of aliphatic hydroxyl groups is 4. The van der Waals surface area contributed by atoms with Crippen LogP contribution in [0, 0.1) is 0 Å². The molecule has 2 aromatic rings. The third kappa shape index (κ3) is 4.49. The molecule has 2 aliphatic rings. The number of ether oxygens (including phenoxy) is 5. The second-order valence-electron chi connectivity index (χ2n) is 8.01. The maximum atomic E-state index is 10.4. The number of aromatic hydroxyl groups is 3. The molecule has 0 aliphatic carbocycles. The summed E-state index contributed by atoms with van der Waals surface area (Å²) >= 11 is 0. The van der Waals surface area contributed by atoms with Gasteiger partial charge in [0, 0.05) is 17.7 Å². The summed E-state index contributed by atoms with van der Waals surface area (Å²) < 4.78 is 27.7. The average Bonchev–Trinajstić information content (AvgIpc) is 2.84. The monoisotopic (exact) mass is 494 g/mol. The van der Waals surface area contributed by atoms with Crippen molar-refractivity contribution in [2.24, 2.45) is 0 Å². The van der Waals surface area contributed by atoms with Gasteiger partial charge in [-0.25, -0.2) is 0 Å². The van der Waals surface area contributed by atoms with Crippen LogP contribution in [-0.4, -0.2) is 87.3 Å². The summed E-state index contributed by atoms with van der Waals surface area (Å²) in [4.78, 5) is 0. The van der Waals surface area contributed by atoms with Crippen molar-refractivity contribution in [3.8, 4) is 34.5 Å². The van der Waals surface area contributed by atoms with Gasteiger partial charge < -0.3 is 59.4 Å². The van der Waals surface area contributed by atoms with E-state index in [1.807, 2.05) is 0 Å². The molecule has 1 fully saturated rings. The maximum Gasteiger partial charge on any atom is 0.228 e. The quantitative estimate of drug-likeness (QED) is 0.288. The molecule has 2 aromatic carbocycles. The van der Waals surface area contributed by atoms with Crippen molar-refractivity contribution in [3.05, 3.63) is 41.2 Å². The molecular formula is C23H26O12. The Morgan fingerprint density at radius 2 is 1.54 bits per heavy atom. The van der Waals surface area contributed by atoms with Gasteiger partial charge in [-0.05, 0) is 18.2 Å². The summed E-state index contributed by atoms with van der Waals surface area (Å²) in [6.07, 6.45) is -7.43. The number of hydrogen-bond donors (Lipinski definition) is 7. The Kier molecular flexibility index (Phi) is 6.83. The fourth-order valence-electron chi connectivity index (χ4n) is 3.94. The number of benzene rings is 2. The van der Waals surface area contributed by atoms with Gasteiger partial charge in [-0.3, -0.25) is 0 Å². The van der Waals surface area contributed by atoms with Crippen LogP contribution in [0.1, 0.15) is 17.2 Å². The van der Waals surface area contributed by atoms with Crippen molar-refractivity contribution in [1.82, 2.24) is 0 Å². The fraction of sp³-hybridized carbons (Fsp3) is 0.391. The Bertz CT molecular complexity index is 1090. The highest BCUT2D eigenvalue weighted by atomic mass is 16.7. The van der Waals surface area contributed by atoms with E-state index in [0.29, 0.717) is 5.56 Å². The van der Waals surface area contributed by atoms with Gasteiger partial charge in [-0.2, -0.15) is 0 Å². The lowest BCUT2D eigenvalue weighted by molar-refractivity contribution is -0.293. The summed E-state index contributed by atoms with van der Waals surface area (Å²) in [6, 6.07) is 5.26. The van der Waals surface area contributed by atoms with Crippen molar-refractivity contribution >= 4 is 6.08 Å². The van der Waals surface area contributed by atoms with Crippen LogP contribution in [0.25, 0.3) is 6.08 Å². The molecule has 2 aliphatic heterocycles. The number of hydrogen-bond acceptors (Lipinski definition) is 12. The highest BCUT2D eigenvalue weighted by molar-refractivity contribution is 5.70. The molecule has 1 saturated heterocycles. The van der Waals surface area contributed by atoms with Crippen LogP contribution in [0.2, 0.25) is 0 Å². The minimum atomic E-state index is -1.70. The van der Waals surface area contributed by atoms with E-state index in [4.69, 9.17) is 23.7 Å². The topological polar surface area (TPSA) is 188 Å². The van der Waals surface area contributed by atoms with E-state index < -0.39 is 43.4 Å². The van der Waals surface area contributed by atoms with Crippen LogP contribution in [0.15, 0.2) is 30.0 Å². The van der Waals surface area contributed by atoms with Gasteiger partial charge in [-0.1, -0.05) is 0 Å². The number of methoxy groups -OCH3 is 2. The lowest BCUT2D eigenvalue weighted by Gasteiger charge is -2.41. The Morgan fingerprint density at radius 1 is 0.886 bits per heavy atom. The van der Waals surface area contributed by atoms with Gasteiger partial charge in [0.2, 0.25) is 12.0 Å². The molecule has 190 valence electrons. The third-order valence-corrected chi connectivity index (χ3v) is 5.80. The molecule has 0 spiro atoms. The molecule has 6 atom stereocenters. The summed E-state index contributed by atoms with van der Waals surface area (Å²) in [5.41, 5.74) is 0.497. The zero-order chi connectivity index (χ0) is 25.4. The first-order valence-electron chi connectivity index (χ1n) is 10.5. The van der Waals surface area contributed by atoms with E-state index >= 15 is 0 Å². The first kappa shape index (κ1) is 24.7. The number of fused-ring (bicyclic) bond motifs is 1. The molecule has 1 unspecified atom stereocenters. The summed E-state index contributed by atoms with van der Waals surface area (Å²) in [5, 5.41) is 70.6. The van der Waals surface area contributed by atoms with Crippen LogP contribution >= 0.6 is 0 Å². The Labute approximate surface area is 199 Å². The second kappa shape index (κ2) is 9.68. The van der Waals surface area contributed by atoms with Crippen LogP contribution in [0.4, 0.5) is 0 Å². The molecule has 0 radical (unpaired) electrons. The normalized spacial score (nSPS) is 27.9. The molecule has 7 N–H and O–H groups in total. The molecule has 35 heavy (non-hydrogen) atoms. The summed E-state index contributed by atoms with van der Waals surface area (Å²) in [6.45, 7) is -0.654. The first-order valence-corrected chi connectivity index (χ1v) is 10.5.